The molecule has 1 amide bonds. The lowest BCUT2D eigenvalue weighted by Gasteiger charge is -2.37. The van der Waals surface area contributed by atoms with E-state index in [0.717, 1.165) is 0 Å². The van der Waals surface area contributed by atoms with Crippen LogP contribution in [0.5, 0.6) is 5.75 Å². The molecule has 4 atom stereocenters. The second-order valence-electron chi connectivity index (χ2n) is 6.23. The van der Waals surface area contributed by atoms with Crippen LogP contribution in [0.3, 0.4) is 0 Å². The minimum atomic E-state index is -1.29. The van der Waals surface area contributed by atoms with E-state index in [1.165, 1.54) is 42.5 Å². The summed E-state index contributed by atoms with van der Waals surface area (Å²) in [5.41, 5.74) is -0.132. The number of aliphatic hydroxyl groups excluding tert-OH is 2. The normalized spacial score (nSPS) is 25.5. The Morgan fingerprint density at radius 1 is 1.04 bits per heavy atom. The molecule has 3 rings (SSSR count). The van der Waals surface area contributed by atoms with Crippen LogP contribution in [-0.4, -0.2) is 40.5 Å². The molecule has 3 N–H and O–H groups in total. The minimum absolute atomic E-state index is 0.132. The lowest BCUT2D eigenvalue weighted by Crippen LogP contribution is -2.57. The van der Waals surface area contributed by atoms with Crippen LogP contribution in [0, 0.1) is 11.6 Å². The minimum Gasteiger partial charge on any atom is -0.488 e. The van der Waals surface area contributed by atoms with Gasteiger partial charge in [0.15, 0.2) is 0 Å². The van der Waals surface area contributed by atoms with Gasteiger partial charge in [0.25, 0.3) is 5.91 Å². The predicted octanol–water partition coefficient (Wildman–Crippen LogP) is 2.03. The molecule has 138 valence electrons. The SMILES string of the molecule is O=C(N[C@@H]1CC[C@@H](Oc2cccc(F)c2)[C@H](O)[C@H]1O)c1ccccc1F. The molecular formula is C19H19F2NO4. The van der Waals surface area contributed by atoms with Gasteiger partial charge >= 0.3 is 0 Å². The van der Waals surface area contributed by atoms with Crippen molar-refractivity contribution < 1.29 is 28.5 Å². The summed E-state index contributed by atoms with van der Waals surface area (Å²) >= 11 is 0. The number of carbonyl (C=O) groups is 1. The number of amides is 1. The topological polar surface area (TPSA) is 78.8 Å². The average molecular weight is 363 g/mol. The quantitative estimate of drug-likeness (QED) is 0.777. The first kappa shape index (κ1) is 18.3. The van der Waals surface area contributed by atoms with Crippen molar-refractivity contribution in [2.24, 2.45) is 0 Å². The van der Waals surface area contributed by atoms with E-state index >= 15 is 0 Å². The van der Waals surface area contributed by atoms with Crippen molar-refractivity contribution in [3.8, 4) is 5.75 Å². The van der Waals surface area contributed by atoms with Crippen molar-refractivity contribution >= 4 is 5.91 Å². The Morgan fingerprint density at radius 2 is 1.81 bits per heavy atom. The number of hydrogen-bond acceptors (Lipinski definition) is 4. The summed E-state index contributed by atoms with van der Waals surface area (Å²) in [5.74, 6) is -1.55. The van der Waals surface area contributed by atoms with E-state index in [1.807, 2.05) is 0 Å². The molecule has 0 radical (unpaired) electrons. The molecule has 1 aliphatic rings. The van der Waals surface area contributed by atoms with Crippen molar-refractivity contribution in [2.45, 2.75) is 37.2 Å². The maximum Gasteiger partial charge on any atom is 0.254 e. The maximum absolute atomic E-state index is 13.7. The lowest BCUT2D eigenvalue weighted by molar-refractivity contribution is -0.0874. The molecule has 0 bridgehead atoms. The van der Waals surface area contributed by atoms with E-state index in [0.29, 0.717) is 12.8 Å². The van der Waals surface area contributed by atoms with Gasteiger partial charge in [-0.15, -0.1) is 0 Å². The molecule has 2 aromatic carbocycles. The maximum atomic E-state index is 13.7. The Labute approximate surface area is 149 Å². The molecular weight excluding hydrogens is 344 g/mol. The average Bonchev–Trinajstić information content (AvgIpc) is 2.62. The van der Waals surface area contributed by atoms with Crippen molar-refractivity contribution in [3.63, 3.8) is 0 Å². The van der Waals surface area contributed by atoms with Crippen molar-refractivity contribution in [1.29, 1.82) is 0 Å². The fourth-order valence-corrected chi connectivity index (χ4v) is 3.04. The second kappa shape index (κ2) is 7.80. The van der Waals surface area contributed by atoms with Crippen molar-refractivity contribution in [2.75, 3.05) is 0 Å². The summed E-state index contributed by atoms with van der Waals surface area (Å²) in [6.45, 7) is 0. The lowest BCUT2D eigenvalue weighted by atomic mass is 9.87. The van der Waals surface area contributed by atoms with Crippen molar-refractivity contribution in [1.82, 2.24) is 5.32 Å². The molecule has 0 spiro atoms. The van der Waals surface area contributed by atoms with E-state index in [4.69, 9.17) is 4.74 Å². The highest BCUT2D eigenvalue weighted by Crippen LogP contribution is 2.25. The van der Waals surface area contributed by atoms with Gasteiger partial charge in [0.1, 0.15) is 35.7 Å². The molecule has 5 nitrogen and oxygen atoms in total. The number of rotatable bonds is 4. The van der Waals surface area contributed by atoms with Gasteiger partial charge in [0.2, 0.25) is 0 Å². The van der Waals surface area contributed by atoms with E-state index in [-0.39, 0.29) is 11.3 Å². The zero-order chi connectivity index (χ0) is 18.7. The summed E-state index contributed by atoms with van der Waals surface area (Å²) in [5, 5.41) is 23.1. The Balaban J connectivity index is 1.63. The fourth-order valence-electron chi connectivity index (χ4n) is 3.04. The fraction of sp³-hybridized carbons (Fsp3) is 0.316. The molecule has 1 saturated carbocycles. The molecule has 0 aliphatic heterocycles. The van der Waals surface area contributed by atoms with Crippen LogP contribution in [0.25, 0.3) is 0 Å². The third kappa shape index (κ3) is 4.00. The van der Waals surface area contributed by atoms with Gasteiger partial charge in [-0.3, -0.25) is 4.79 Å². The van der Waals surface area contributed by atoms with E-state index in [9.17, 15) is 23.8 Å². The highest BCUT2D eigenvalue weighted by Gasteiger charge is 2.39. The molecule has 7 heteroatoms. The molecule has 0 unspecified atom stereocenters. The Kier molecular flexibility index (Phi) is 5.49. The first-order valence-electron chi connectivity index (χ1n) is 8.29. The standard InChI is InChI=1S/C19H19F2NO4/c20-11-4-3-5-12(10-11)26-16-9-8-15(17(23)18(16)24)22-19(25)13-6-1-2-7-14(13)21/h1-7,10,15-18,23-24H,8-9H2,(H,22,25)/t15-,16-,17+,18+/m1/s1. The van der Waals surface area contributed by atoms with Crippen molar-refractivity contribution in [3.05, 3.63) is 65.7 Å². The molecule has 0 heterocycles. The highest BCUT2D eigenvalue weighted by molar-refractivity contribution is 5.94. The largest absolute Gasteiger partial charge is 0.488 e. The van der Waals surface area contributed by atoms with Gasteiger partial charge in [0.05, 0.1) is 11.6 Å². The summed E-state index contributed by atoms with van der Waals surface area (Å²) < 4.78 is 32.5. The van der Waals surface area contributed by atoms with Gasteiger partial charge < -0.3 is 20.3 Å². The first-order chi connectivity index (χ1) is 12.5. The number of benzene rings is 2. The van der Waals surface area contributed by atoms with Crippen LogP contribution < -0.4 is 10.1 Å². The number of ether oxygens (including phenoxy) is 1. The van der Waals surface area contributed by atoms with Crippen LogP contribution in [-0.2, 0) is 0 Å². The summed E-state index contributed by atoms with van der Waals surface area (Å²) in [6.07, 6.45) is -2.67. The zero-order valence-corrected chi connectivity index (χ0v) is 13.8. The number of hydrogen-bond donors (Lipinski definition) is 3. The Morgan fingerprint density at radius 3 is 2.54 bits per heavy atom. The second-order valence-corrected chi connectivity index (χ2v) is 6.23. The number of halogens is 2. The van der Waals surface area contributed by atoms with Gasteiger partial charge in [-0.05, 0) is 37.1 Å². The monoisotopic (exact) mass is 363 g/mol. The van der Waals surface area contributed by atoms with Crippen LogP contribution in [0.4, 0.5) is 8.78 Å². The highest BCUT2D eigenvalue weighted by atomic mass is 19.1. The third-order valence-electron chi connectivity index (χ3n) is 4.42. The molecule has 1 fully saturated rings. The Hall–Kier alpha value is -2.51. The predicted molar refractivity (Wildman–Crippen MR) is 89.7 cm³/mol. The van der Waals surface area contributed by atoms with Crippen LogP contribution in [0.1, 0.15) is 23.2 Å². The number of aliphatic hydroxyl groups is 2. The number of nitrogens with one attached hydrogen (secondary N) is 1. The third-order valence-corrected chi connectivity index (χ3v) is 4.42. The van der Waals surface area contributed by atoms with Gasteiger partial charge in [-0.2, -0.15) is 0 Å². The molecule has 0 saturated heterocycles. The molecule has 1 aliphatic carbocycles. The first-order valence-corrected chi connectivity index (χ1v) is 8.29. The molecule has 26 heavy (non-hydrogen) atoms. The van der Waals surface area contributed by atoms with E-state index in [2.05, 4.69) is 5.32 Å². The summed E-state index contributed by atoms with van der Waals surface area (Å²) in [4.78, 5) is 12.2. The summed E-state index contributed by atoms with van der Waals surface area (Å²) in [7, 11) is 0. The van der Waals surface area contributed by atoms with Gasteiger partial charge in [0, 0.05) is 6.07 Å². The number of carbonyl (C=O) groups excluding carboxylic acids is 1. The van der Waals surface area contributed by atoms with E-state index < -0.39 is 41.9 Å². The smallest absolute Gasteiger partial charge is 0.254 e. The van der Waals surface area contributed by atoms with E-state index in [1.54, 1.807) is 6.07 Å². The van der Waals surface area contributed by atoms with Crippen LogP contribution in [0.15, 0.2) is 48.5 Å². The van der Waals surface area contributed by atoms with Crippen LogP contribution >= 0.6 is 0 Å². The Bertz CT molecular complexity index is 786. The molecule has 0 aromatic heterocycles. The van der Waals surface area contributed by atoms with Gasteiger partial charge in [-0.1, -0.05) is 18.2 Å². The summed E-state index contributed by atoms with van der Waals surface area (Å²) in [6, 6.07) is 10.3. The molecule has 2 aromatic rings. The van der Waals surface area contributed by atoms with Gasteiger partial charge in [-0.25, -0.2) is 8.78 Å². The zero-order valence-electron chi connectivity index (χ0n) is 13.8. The van der Waals surface area contributed by atoms with Crippen LogP contribution in [0.2, 0.25) is 0 Å².